The summed E-state index contributed by atoms with van der Waals surface area (Å²) >= 11 is 1.68. The van der Waals surface area contributed by atoms with Crippen molar-refractivity contribution in [2.45, 2.75) is 0 Å². The van der Waals surface area contributed by atoms with Crippen LogP contribution in [0.2, 0.25) is 0 Å². The van der Waals surface area contributed by atoms with Crippen LogP contribution in [0.15, 0.2) is 59.1 Å². The third-order valence-corrected chi connectivity index (χ3v) is 3.82. The molecule has 0 unspecified atom stereocenters. The largest absolute Gasteiger partial charge is 0.303 e. The second-order valence-electron chi connectivity index (χ2n) is 4.78. The Morgan fingerprint density at radius 3 is 2.62 bits per heavy atom. The first-order chi connectivity index (χ1) is 10.2. The van der Waals surface area contributed by atoms with Gasteiger partial charge in [0.05, 0.1) is 16.8 Å². The quantitative estimate of drug-likeness (QED) is 0.545. The maximum atomic E-state index is 4.72. The highest BCUT2D eigenvalue weighted by atomic mass is 32.1. The summed E-state index contributed by atoms with van der Waals surface area (Å²) in [5.41, 5.74) is 3.01. The Bertz CT molecular complexity index is 727. The van der Waals surface area contributed by atoms with Gasteiger partial charge in [0.1, 0.15) is 5.69 Å². The minimum atomic E-state index is 0.958. The summed E-state index contributed by atoms with van der Waals surface area (Å²) in [4.78, 5) is 1.14. The van der Waals surface area contributed by atoms with Crippen molar-refractivity contribution in [3.05, 3.63) is 59.6 Å². The number of hydrazone groups is 1. The van der Waals surface area contributed by atoms with Gasteiger partial charge in [-0.25, -0.2) is 4.68 Å². The maximum absolute atomic E-state index is 4.72. The predicted molar refractivity (Wildman–Crippen MR) is 88.2 cm³/mol. The van der Waals surface area contributed by atoms with Gasteiger partial charge in [-0.05, 0) is 23.6 Å². The zero-order valence-corrected chi connectivity index (χ0v) is 12.8. The Morgan fingerprint density at radius 2 is 1.95 bits per heavy atom. The van der Waals surface area contributed by atoms with Crippen LogP contribution in [0.3, 0.4) is 0 Å². The lowest BCUT2D eigenvalue weighted by Gasteiger charge is -2.01. The summed E-state index contributed by atoms with van der Waals surface area (Å²) in [6.45, 7) is 0. The summed E-state index contributed by atoms with van der Waals surface area (Å²) in [5, 5.41) is 12.9. The van der Waals surface area contributed by atoms with Crippen molar-refractivity contribution >= 4 is 17.6 Å². The van der Waals surface area contributed by atoms with Crippen molar-refractivity contribution in [1.29, 1.82) is 0 Å². The molecular formula is C16H16N4S. The van der Waals surface area contributed by atoms with Crippen LogP contribution in [0, 0.1) is 0 Å². The molecule has 3 rings (SSSR count). The molecule has 21 heavy (non-hydrogen) atoms. The van der Waals surface area contributed by atoms with E-state index in [-0.39, 0.29) is 0 Å². The van der Waals surface area contributed by atoms with Crippen molar-refractivity contribution in [3.63, 3.8) is 0 Å². The molecule has 0 saturated heterocycles. The highest BCUT2D eigenvalue weighted by Gasteiger charge is 2.11. The van der Waals surface area contributed by atoms with E-state index in [1.54, 1.807) is 16.3 Å². The monoisotopic (exact) mass is 296 g/mol. The summed E-state index contributed by atoms with van der Waals surface area (Å²) in [6.07, 6.45) is 3.86. The molecule has 0 amide bonds. The Balaban J connectivity index is 2.07. The molecule has 0 bridgehead atoms. The molecule has 0 aliphatic heterocycles. The molecule has 2 heterocycles. The average molecular weight is 296 g/mol. The van der Waals surface area contributed by atoms with Gasteiger partial charge in [-0.3, -0.25) is 0 Å². The standard InChI is InChI=1S/C16H16N4S/c1-19(2)17-11-13-12-20(14-7-4-3-5-8-14)18-16(13)15-9-6-10-21-15/h3-12H,1-2H3. The molecule has 106 valence electrons. The van der Waals surface area contributed by atoms with Crippen LogP contribution in [0.5, 0.6) is 0 Å². The number of para-hydroxylation sites is 1. The van der Waals surface area contributed by atoms with Gasteiger partial charge in [-0.2, -0.15) is 10.2 Å². The normalized spacial score (nSPS) is 11.1. The van der Waals surface area contributed by atoms with Crippen molar-refractivity contribution in [1.82, 2.24) is 14.8 Å². The van der Waals surface area contributed by atoms with E-state index in [1.165, 1.54) is 0 Å². The molecule has 0 atom stereocenters. The van der Waals surface area contributed by atoms with E-state index < -0.39 is 0 Å². The predicted octanol–water partition coefficient (Wildman–Crippen LogP) is 3.50. The molecule has 0 N–H and O–H groups in total. The number of thiophene rings is 1. The molecular weight excluding hydrogens is 280 g/mol. The molecule has 5 heteroatoms. The molecule has 4 nitrogen and oxygen atoms in total. The van der Waals surface area contributed by atoms with Crippen LogP contribution < -0.4 is 0 Å². The summed E-state index contributed by atoms with van der Waals surface area (Å²) < 4.78 is 1.89. The van der Waals surface area contributed by atoms with Gasteiger partial charge in [0.2, 0.25) is 0 Å². The van der Waals surface area contributed by atoms with Crippen LogP contribution in [0.1, 0.15) is 5.56 Å². The summed E-state index contributed by atoms with van der Waals surface area (Å²) in [6, 6.07) is 14.2. The molecule has 1 aromatic carbocycles. The van der Waals surface area contributed by atoms with Crippen molar-refractivity contribution in [2.24, 2.45) is 5.10 Å². The molecule has 0 saturated carbocycles. The van der Waals surface area contributed by atoms with E-state index in [1.807, 2.05) is 67.6 Å². The average Bonchev–Trinajstić information content (AvgIpc) is 3.15. The maximum Gasteiger partial charge on any atom is 0.112 e. The fourth-order valence-electron chi connectivity index (χ4n) is 1.98. The Labute approximate surface area is 128 Å². The minimum Gasteiger partial charge on any atom is -0.303 e. The molecule has 2 aromatic heterocycles. The fraction of sp³-hybridized carbons (Fsp3) is 0.125. The first-order valence-corrected chi connectivity index (χ1v) is 7.52. The second kappa shape index (κ2) is 5.93. The van der Waals surface area contributed by atoms with Crippen LogP contribution in [-0.2, 0) is 0 Å². The van der Waals surface area contributed by atoms with Crippen LogP contribution in [0.25, 0.3) is 16.3 Å². The van der Waals surface area contributed by atoms with Crippen molar-refractivity contribution in [3.8, 4) is 16.3 Å². The molecule has 0 spiro atoms. The first-order valence-electron chi connectivity index (χ1n) is 6.64. The molecule has 0 aliphatic rings. The van der Waals surface area contributed by atoms with Gasteiger partial charge in [0.15, 0.2) is 0 Å². The Kier molecular flexibility index (Phi) is 3.83. The van der Waals surface area contributed by atoms with Crippen molar-refractivity contribution in [2.75, 3.05) is 14.1 Å². The van der Waals surface area contributed by atoms with E-state index in [0.29, 0.717) is 0 Å². The van der Waals surface area contributed by atoms with E-state index in [4.69, 9.17) is 5.10 Å². The van der Waals surface area contributed by atoms with Crippen LogP contribution >= 0.6 is 11.3 Å². The first kappa shape index (κ1) is 13.6. The molecule has 0 radical (unpaired) electrons. The topological polar surface area (TPSA) is 33.4 Å². The molecule has 3 aromatic rings. The van der Waals surface area contributed by atoms with Gasteiger partial charge < -0.3 is 5.01 Å². The van der Waals surface area contributed by atoms with E-state index in [0.717, 1.165) is 21.8 Å². The fourth-order valence-corrected chi connectivity index (χ4v) is 2.71. The van der Waals surface area contributed by atoms with Gasteiger partial charge >= 0.3 is 0 Å². The van der Waals surface area contributed by atoms with Gasteiger partial charge in [-0.15, -0.1) is 11.3 Å². The second-order valence-corrected chi connectivity index (χ2v) is 5.73. The molecule has 0 fully saturated rings. The van der Waals surface area contributed by atoms with E-state index in [9.17, 15) is 0 Å². The zero-order valence-electron chi connectivity index (χ0n) is 12.0. The van der Waals surface area contributed by atoms with E-state index >= 15 is 0 Å². The Morgan fingerprint density at radius 1 is 1.14 bits per heavy atom. The SMILES string of the molecule is CN(C)N=Cc1cn(-c2ccccc2)nc1-c1cccs1. The number of hydrogen-bond acceptors (Lipinski definition) is 4. The number of hydrogen-bond donors (Lipinski definition) is 0. The lowest BCUT2D eigenvalue weighted by Crippen LogP contribution is -2.01. The van der Waals surface area contributed by atoms with E-state index in [2.05, 4.69) is 16.5 Å². The third kappa shape index (κ3) is 3.03. The Hall–Kier alpha value is -2.40. The van der Waals surface area contributed by atoms with Gasteiger partial charge in [-0.1, -0.05) is 24.3 Å². The smallest absolute Gasteiger partial charge is 0.112 e. The lowest BCUT2D eigenvalue weighted by atomic mass is 10.2. The highest BCUT2D eigenvalue weighted by molar-refractivity contribution is 7.13. The van der Waals surface area contributed by atoms with Crippen LogP contribution in [-0.4, -0.2) is 35.1 Å². The number of aromatic nitrogens is 2. The lowest BCUT2D eigenvalue weighted by molar-refractivity contribution is 0.440. The van der Waals surface area contributed by atoms with Crippen LogP contribution in [0.4, 0.5) is 0 Å². The van der Waals surface area contributed by atoms with Gasteiger partial charge in [0.25, 0.3) is 0 Å². The molecule has 0 aliphatic carbocycles. The number of benzene rings is 1. The third-order valence-electron chi connectivity index (χ3n) is 2.95. The number of rotatable bonds is 4. The summed E-state index contributed by atoms with van der Waals surface area (Å²) in [7, 11) is 3.81. The van der Waals surface area contributed by atoms with Crippen molar-refractivity contribution < 1.29 is 0 Å². The highest BCUT2D eigenvalue weighted by Crippen LogP contribution is 2.26. The van der Waals surface area contributed by atoms with Gasteiger partial charge in [0, 0.05) is 25.9 Å². The minimum absolute atomic E-state index is 0.958. The zero-order chi connectivity index (χ0) is 14.7. The number of nitrogens with zero attached hydrogens (tertiary/aromatic N) is 4. The summed E-state index contributed by atoms with van der Waals surface area (Å²) in [5.74, 6) is 0.